The van der Waals surface area contributed by atoms with Gasteiger partial charge in [-0.15, -0.1) is 12.4 Å². The Morgan fingerprint density at radius 3 is 2.60 bits per heavy atom. The molecule has 0 aromatic heterocycles. The maximum absolute atomic E-state index is 12.8. The van der Waals surface area contributed by atoms with Gasteiger partial charge < -0.3 is 20.1 Å². The minimum Gasteiger partial charge on any atom is -0.381 e. The Balaban J connectivity index is 0.00000225. The summed E-state index contributed by atoms with van der Waals surface area (Å²) in [4.78, 5) is 14.6. The van der Waals surface area contributed by atoms with Gasteiger partial charge in [-0.05, 0) is 36.5 Å². The first kappa shape index (κ1) is 20.7. The number of hydrogen-bond donors (Lipinski definition) is 1. The number of nitrogens with zero attached hydrogens (tertiary/aromatic N) is 1. The molecule has 2 aliphatic heterocycles. The maximum Gasteiger partial charge on any atom is 0.239 e. The van der Waals surface area contributed by atoms with Crippen molar-refractivity contribution in [3.05, 3.63) is 33.8 Å². The van der Waals surface area contributed by atoms with Crippen molar-refractivity contribution in [3.63, 3.8) is 0 Å². The Bertz CT molecular complexity index is 597. The summed E-state index contributed by atoms with van der Waals surface area (Å²) in [6.07, 6.45) is 1.47. The predicted octanol–water partition coefficient (Wildman–Crippen LogP) is 3.07. The third kappa shape index (κ3) is 5.00. The van der Waals surface area contributed by atoms with Gasteiger partial charge in [0.05, 0.1) is 29.2 Å². The van der Waals surface area contributed by atoms with Gasteiger partial charge in [-0.25, -0.2) is 0 Å². The molecule has 25 heavy (non-hydrogen) atoms. The molecule has 5 nitrogen and oxygen atoms in total. The fourth-order valence-electron chi connectivity index (χ4n) is 3.25. The first-order valence-corrected chi connectivity index (χ1v) is 9.00. The topological polar surface area (TPSA) is 64.8 Å². The number of hydrogen-bond acceptors (Lipinski definition) is 4. The van der Waals surface area contributed by atoms with Gasteiger partial charge in [0.15, 0.2) is 0 Å². The second kappa shape index (κ2) is 9.40. The fourth-order valence-corrected chi connectivity index (χ4v) is 3.56. The van der Waals surface area contributed by atoms with E-state index in [1.165, 1.54) is 0 Å². The highest BCUT2D eigenvalue weighted by Crippen LogP contribution is 2.29. The van der Waals surface area contributed by atoms with E-state index in [1.807, 2.05) is 6.07 Å². The molecule has 8 heteroatoms. The van der Waals surface area contributed by atoms with Crippen LogP contribution in [0.1, 0.15) is 24.5 Å². The molecule has 0 radical (unpaired) electrons. The first-order valence-electron chi connectivity index (χ1n) is 8.25. The highest BCUT2D eigenvalue weighted by molar-refractivity contribution is 6.42. The Morgan fingerprint density at radius 1 is 1.20 bits per heavy atom. The lowest BCUT2D eigenvalue weighted by Gasteiger charge is -2.36. The molecule has 1 aromatic carbocycles. The zero-order chi connectivity index (χ0) is 17.1. The van der Waals surface area contributed by atoms with E-state index in [-0.39, 0.29) is 30.3 Å². The summed E-state index contributed by atoms with van der Waals surface area (Å²) in [5.74, 6) is 0.188. The van der Waals surface area contributed by atoms with Crippen molar-refractivity contribution < 1.29 is 14.3 Å². The van der Waals surface area contributed by atoms with Crippen LogP contribution in [0.15, 0.2) is 18.2 Å². The summed E-state index contributed by atoms with van der Waals surface area (Å²) >= 11 is 12.0. The number of morpholine rings is 1. The van der Waals surface area contributed by atoms with E-state index in [4.69, 9.17) is 38.4 Å². The molecule has 2 heterocycles. The Labute approximate surface area is 164 Å². The van der Waals surface area contributed by atoms with Gasteiger partial charge in [0, 0.05) is 19.8 Å². The average molecular weight is 410 g/mol. The van der Waals surface area contributed by atoms with Crippen molar-refractivity contribution in [2.24, 2.45) is 11.7 Å². The quantitative estimate of drug-likeness (QED) is 0.833. The molecular formula is C17H23Cl3N2O3. The molecule has 140 valence electrons. The predicted molar refractivity (Wildman–Crippen MR) is 101 cm³/mol. The van der Waals surface area contributed by atoms with Crippen molar-refractivity contribution in [1.29, 1.82) is 0 Å². The molecule has 2 aliphatic rings. The van der Waals surface area contributed by atoms with Crippen LogP contribution in [0, 0.1) is 5.92 Å². The fraction of sp³-hybridized carbons (Fsp3) is 0.588. The van der Waals surface area contributed by atoms with Crippen molar-refractivity contribution in [1.82, 2.24) is 4.90 Å². The van der Waals surface area contributed by atoms with Crippen LogP contribution in [0.3, 0.4) is 0 Å². The maximum atomic E-state index is 12.8. The molecular weight excluding hydrogens is 387 g/mol. The van der Waals surface area contributed by atoms with E-state index >= 15 is 0 Å². The Morgan fingerprint density at radius 2 is 1.92 bits per heavy atom. The van der Waals surface area contributed by atoms with Crippen LogP contribution in [-0.2, 0) is 14.3 Å². The largest absolute Gasteiger partial charge is 0.381 e. The lowest BCUT2D eigenvalue weighted by atomic mass is 9.91. The van der Waals surface area contributed by atoms with Gasteiger partial charge in [0.2, 0.25) is 5.91 Å². The Hall–Kier alpha value is -0.560. The molecule has 2 saturated heterocycles. The van der Waals surface area contributed by atoms with Gasteiger partial charge in [-0.3, -0.25) is 4.79 Å². The summed E-state index contributed by atoms with van der Waals surface area (Å²) in [7, 11) is 0. The molecule has 2 unspecified atom stereocenters. The van der Waals surface area contributed by atoms with E-state index in [1.54, 1.807) is 17.0 Å². The molecule has 0 bridgehead atoms. The average Bonchev–Trinajstić information content (AvgIpc) is 2.63. The van der Waals surface area contributed by atoms with Crippen LogP contribution < -0.4 is 5.73 Å². The SMILES string of the molecule is Cl.NC(C(=O)N1CCOC(c2ccc(Cl)c(Cl)c2)C1)C1CCOCC1. The second-order valence-corrected chi connectivity index (χ2v) is 7.11. The van der Waals surface area contributed by atoms with E-state index in [2.05, 4.69) is 0 Å². The van der Waals surface area contributed by atoms with Gasteiger partial charge in [-0.1, -0.05) is 29.3 Å². The van der Waals surface area contributed by atoms with Crippen molar-refractivity contribution in [2.45, 2.75) is 25.0 Å². The molecule has 0 aliphatic carbocycles. The lowest BCUT2D eigenvalue weighted by Crippen LogP contribution is -2.52. The molecule has 1 amide bonds. The van der Waals surface area contributed by atoms with Gasteiger partial charge in [0.25, 0.3) is 0 Å². The van der Waals surface area contributed by atoms with Gasteiger partial charge in [0.1, 0.15) is 6.10 Å². The number of amides is 1. The van der Waals surface area contributed by atoms with E-state index in [9.17, 15) is 4.79 Å². The van der Waals surface area contributed by atoms with Crippen LogP contribution in [0.5, 0.6) is 0 Å². The van der Waals surface area contributed by atoms with Crippen LogP contribution in [0.2, 0.25) is 10.0 Å². The van der Waals surface area contributed by atoms with Crippen LogP contribution >= 0.6 is 35.6 Å². The highest BCUT2D eigenvalue weighted by atomic mass is 35.5. The highest BCUT2D eigenvalue weighted by Gasteiger charge is 2.33. The number of nitrogens with two attached hydrogens (primary N) is 1. The summed E-state index contributed by atoms with van der Waals surface area (Å²) < 4.78 is 11.2. The summed E-state index contributed by atoms with van der Waals surface area (Å²) in [5.41, 5.74) is 7.14. The van der Waals surface area contributed by atoms with Crippen LogP contribution in [0.4, 0.5) is 0 Å². The van der Waals surface area contributed by atoms with Crippen LogP contribution in [0.25, 0.3) is 0 Å². The molecule has 2 fully saturated rings. The van der Waals surface area contributed by atoms with Crippen molar-refractivity contribution >= 4 is 41.5 Å². The minimum atomic E-state index is -0.471. The summed E-state index contributed by atoms with van der Waals surface area (Å²) in [5, 5.41) is 0.992. The molecule has 1 aromatic rings. The normalized spacial score (nSPS) is 23.0. The summed E-state index contributed by atoms with van der Waals surface area (Å²) in [6.45, 7) is 2.89. The van der Waals surface area contributed by atoms with E-state index < -0.39 is 6.04 Å². The lowest BCUT2D eigenvalue weighted by molar-refractivity contribution is -0.142. The Kier molecular flexibility index (Phi) is 7.80. The summed E-state index contributed by atoms with van der Waals surface area (Å²) in [6, 6.07) is 4.95. The number of benzene rings is 1. The molecule has 0 spiro atoms. The van der Waals surface area contributed by atoms with E-state index in [0.29, 0.717) is 43.0 Å². The first-order chi connectivity index (χ1) is 11.6. The molecule has 3 rings (SSSR count). The van der Waals surface area contributed by atoms with E-state index in [0.717, 1.165) is 18.4 Å². The zero-order valence-electron chi connectivity index (χ0n) is 13.8. The standard InChI is InChI=1S/C17H22Cl2N2O3.ClH/c18-13-2-1-12(9-14(13)19)15-10-21(5-8-24-15)17(22)16(20)11-3-6-23-7-4-11;/h1-2,9,11,15-16H,3-8,10,20H2;1H. The number of carbonyl (C=O) groups is 1. The molecule has 2 atom stereocenters. The number of carbonyl (C=O) groups excluding carboxylic acids is 1. The third-order valence-corrected chi connectivity index (χ3v) is 5.49. The second-order valence-electron chi connectivity index (χ2n) is 6.29. The van der Waals surface area contributed by atoms with Crippen molar-refractivity contribution in [3.8, 4) is 0 Å². The minimum absolute atomic E-state index is 0. The molecule has 0 saturated carbocycles. The third-order valence-electron chi connectivity index (χ3n) is 4.75. The number of rotatable bonds is 3. The van der Waals surface area contributed by atoms with Gasteiger partial charge >= 0.3 is 0 Å². The van der Waals surface area contributed by atoms with Gasteiger partial charge in [-0.2, -0.15) is 0 Å². The zero-order valence-corrected chi connectivity index (χ0v) is 16.2. The smallest absolute Gasteiger partial charge is 0.239 e. The van der Waals surface area contributed by atoms with Crippen LogP contribution in [-0.4, -0.2) is 49.8 Å². The monoisotopic (exact) mass is 408 g/mol. The molecule has 2 N–H and O–H groups in total. The number of halogens is 3. The number of ether oxygens (including phenoxy) is 2. The van der Waals surface area contributed by atoms with Crippen molar-refractivity contribution in [2.75, 3.05) is 32.9 Å².